The van der Waals surface area contributed by atoms with Crippen LogP contribution in [0.2, 0.25) is 0 Å². The number of benzene rings is 5. The maximum absolute atomic E-state index is 5.36. The summed E-state index contributed by atoms with van der Waals surface area (Å²) in [7, 11) is 8.82. The molecule has 11 rings (SSSR count). The molecule has 12 nitrogen and oxygen atoms in total. The molecule has 4 aliphatic rings. The number of piperazine rings is 4. The van der Waals surface area contributed by atoms with Gasteiger partial charge in [-0.15, -0.1) is 0 Å². The van der Waals surface area contributed by atoms with E-state index < -0.39 is 0 Å². The number of nitrogens with one attached hydrogen (secondary N) is 2. The SMILES string of the molecule is CN1CCN(c2ccc(-c3nc(-c4ccc(-c5nc(-c6ccc(N7CCN(C)CC7)cc6)c(-c6ccc(N7CCN(C)CC7)cc6)[nH]5)cc4)[nH]c3-c3ccc(N4CCN(C)CC4)cc3)cc2)CC1. The van der Waals surface area contributed by atoms with Gasteiger partial charge in [-0.2, -0.15) is 0 Å². The Bertz CT molecular complexity index is 2390. The Morgan fingerprint density at radius 3 is 0.750 bits per heavy atom. The average molecular weight is 907 g/mol. The normalized spacial score (nSPS) is 18.2. The number of aromatic amines is 2. The molecule has 7 aromatic rings. The summed E-state index contributed by atoms with van der Waals surface area (Å²) in [6.45, 7) is 17.0. The van der Waals surface area contributed by atoms with E-state index in [1.807, 2.05) is 0 Å². The van der Waals surface area contributed by atoms with E-state index in [2.05, 4.69) is 199 Å². The molecule has 0 aliphatic carbocycles. The van der Waals surface area contributed by atoms with Gasteiger partial charge in [0, 0.05) is 161 Å². The van der Waals surface area contributed by atoms with Crippen LogP contribution in [0.1, 0.15) is 0 Å². The summed E-state index contributed by atoms with van der Waals surface area (Å²) in [4.78, 5) is 37.9. The molecule has 5 aromatic carbocycles. The van der Waals surface area contributed by atoms with E-state index in [0.717, 1.165) is 173 Å². The molecule has 0 unspecified atom stereocenters. The lowest BCUT2D eigenvalue weighted by atomic mass is 10.0. The Labute approximate surface area is 402 Å². The minimum absolute atomic E-state index is 0.842. The lowest BCUT2D eigenvalue weighted by molar-refractivity contribution is 0.313. The highest BCUT2D eigenvalue weighted by Gasteiger charge is 2.22. The number of H-pyrrole nitrogens is 2. The molecule has 68 heavy (non-hydrogen) atoms. The van der Waals surface area contributed by atoms with Gasteiger partial charge in [-0.3, -0.25) is 0 Å². The van der Waals surface area contributed by atoms with Gasteiger partial charge in [-0.1, -0.05) is 72.8 Å². The predicted octanol–water partition coefficient (Wildman–Crippen LogP) is 8.14. The summed E-state index contributed by atoms with van der Waals surface area (Å²) in [6.07, 6.45) is 0. The van der Waals surface area contributed by atoms with Crippen LogP contribution in [0.4, 0.5) is 22.7 Å². The molecule has 12 heteroatoms. The topological polar surface area (TPSA) is 83.3 Å². The zero-order valence-corrected chi connectivity index (χ0v) is 40.3. The molecule has 0 amide bonds. The molecule has 4 aliphatic heterocycles. The molecule has 0 saturated carbocycles. The van der Waals surface area contributed by atoms with Crippen LogP contribution in [0, 0.1) is 0 Å². The van der Waals surface area contributed by atoms with Crippen LogP contribution in [0.5, 0.6) is 0 Å². The lowest BCUT2D eigenvalue weighted by Gasteiger charge is -2.34. The smallest absolute Gasteiger partial charge is 0.138 e. The van der Waals surface area contributed by atoms with E-state index in [1.54, 1.807) is 0 Å². The van der Waals surface area contributed by atoms with E-state index in [1.165, 1.54) is 22.7 Å². The van der Waals surface area contributed by atoms with E-state index in [9.17, 15) is 0 Å². The maximum Gasteiger partial charge on any atom is 0.138 e. The lowest BCUT2D eigenvalue weighted by Crippen LogP contribution is -2.44. The monoisotopic (exact) mass is 907 g/mol. The second-order valence-corrected chi connectivity index (χ2v) is 19.5. The van der Waals surface area contributed by atoms with Crippen molar-refractivity contribution in [3.63, 3.8) is 0 Å². The summed E-state index contributed by atoms with van der Waals surface area (Å²) >= 11 is 0. The van der Waals surface area contributed by atoms with Crippen molar-refractivity contribution in [1.82, 2.24) is 39.5 Å². The average Bonchev–Trinajstić information content (AvgIpc) is 4.04. The molecule has 0 atom stereocenters. The third kappa shape index (κ3) is 9.38. The fourth-order valence-electron chi connectivity index (χ4n) is 10.2. The molecule has 0 bridgehead atoms. The van der Waals surface area contributed by atoms with Gasteiger partial charge >= 0.3 is 0 Å². The molecule has 2 aromatic heterocycles. The second kappa shape index (κ2) is 19.3. The summed E-state index contributed by atoms with van der Waals surface area (Å²) < 4.78 is 0. The van der Waals surface area contributed by atoms with Crippen molar-refractivity contribution in [3.8, 4) is 67.8 Å². The highest BCUT2D eigenvalue weighted by atomic mass is 15.3. The van der Waals surface area contributed by atoms with E-state index in [4.69, 9.17) is 9.97 Å². The van der Waals surface area contributed by atoms with E-state index >= 15 is 0 Å². The van der Waals surface area contributed by atoms with Gasteiger partial charge in [0.25, 0.3) is 0 Å². The largest absolute Gasteiger partial charge is 0.369 e. The molecule has 6 heterocycles. The number of rotatable bonds is 10. The zero-order valence-electron chi connectivity index (χ0n) is 40.3. The third-order valence-electron chi connectivity index (χ3n) is 14.9. The highest BCUT2D eigenvalue weighted by Crippen LogP contribution is 2.38. The van der Waals surface area contributed by atoms with Gasteiger partial charge < -0.3 is 49.2 Å². The van der Waals surface area contributed by atoms with Gasteiger partial charge in [0.1, 0.15) is 11.6 Å². The maximum atomic E-state index is 5.36. The molecule has 0 radical (unpaired) electrons. The minimum Gasteiger partial charge on any atom is -0.369 e. The van der Waals surface area contributed by atoms with E-state index in [0.29, 0.717) is 0 Å². The van der Waals surface area contributed by atoms with Crippen LogP contribution in [0.25, 0.3) is 67.8 Å². The van der Waals surface area contributed by atoms with Crippen molar-refractivity contribution >= 4 is 22.7 Å². The van der Waals surface area contributed by atoms with Crippen LogP contribution in [0.3, 0.4) is 0 Å². The number of likely N-dealkylation sites (N-methyl/N-ethyl adjacent to an activating group) is 4. The first-order valence-electron chi connectivity index (χ1n) is 24.7. The van der Waals surface area contributed by atoms with Crippen LogP contribution in [-0.4, -0.2) is 172 Å². The molecule has 4 fully saturated rings. The number of imidazole rings is 2. The van der Waals surface area contributed by atoms with Gasteiger partial charge in [0.15, 0.2) is 0 Å². The Balaban J connectivity index is 0.905. The van der Waals surface area contributed by atoms with Crippen molar-refractivity contribution in [3.05, 3.63) is 121 Å². The van der Waals surface area contributed by atoms with Crippen LogP contribution in [-0.2, 0) is 0 Å². The second-order valence-electron chi connectivity index (χ2n) is 19.5. The molecule has 4 saturated heterocycles. The quantitative estimate of drug-likeness (QED) is 0.141. The molecule has 0 spiro atoms. The minimum atomic E-state index is 0.842. The third-order valence-corrected chi connectivity index (χ3v) is 14.9. The zero-order chi connectivity index (χ0) is 46.1. The van der Waals surface area contributed by atoms with E-state index in [-0.39, 0.29) is 0 Å². The van der Waals surface area contributed by atoms with Crippen molar-refractivity contribution < 1.29 is 0 Å². The number of nitrogens with zero attached hydrogens (tertiary/aromatic N) is 10. The number of hydrogen-bond acceptors (Lipinski definition) is 10. The number of aromatic nitrogens is 4. The van der Waals surface area contributed by atoms with Gasteiger partial charge in [0.05, 0.1) is 22.8 Å². The molecular weight excluding hydrogens is 841 g/mol. The standard InChI is InChI=1S/C56H66N12/c1-61-25-33-65(34-26-61)47-17-9-41(10-18-47)51-52(42-11-19-48(20-12-42)66-35-27-62(2)28-36-66)58-55(57-51)45-5-7-46(8-6-45)56-59-53(43-13-21-49(22-14-43)67-37-29-63(3)30-38-67)54(60-56)44-15-23-50(24-16-44)68-39-31-64(4)32-40-68/h5-24H,25-40H2,1-4H3,(H,57,58)(H,59,60). The fraction of sp³-hybridized carbons (Fsp3) is 0.357. The molecule has 350 valence electrons. The van der Waals surface area contributed by atoms with Crippen molar-refractivity contribution in [2.45, 2.75) is 0 Å². The Morgan fingerprint density at radius 2 is 0.500 bits per heavy atom. The first-order valence-corrected chi connectivity index (χ1v) is 24.7. The number of hydrogen-bond donors (Lipinski definition) is 2. The molecule has 2 N–H and O–H groups in total. The Kier molecular flexibility index (Phi) is 12.5. The highest BCUT2D eigenvalue weighted by molar-refractivity contribution is 5.85. The van der Waals surface area contributed by atoms with Gasteiger partial charge in [0.2, 0.25) is 0 Å². The first kappa shape index (κ1) is 44.1. The van der Waals surface area contributed by atoms with Crippen LogP contribution < -0.4 is 19.6 Å². The molecular formula is C56H66N12. The van der Waals surface area contributed by atoms with Crippen molar-refractivity contribution in [2.75, 3.05) is 153 Å². The summed E-state index contributed by atoms with van der Waals surface area (Å²) in [5, 5.41) is 0. The summed E-state index contributed by atoms with van der Waals surface area (Å²) in [5.41, 5.74) is 15.5. The van der Waals surface area contributed by atoms with Crippen molar-refractivity contribution in [1.29, 1.82) is 0 Å². The van der Waals surface area contributed by atoms with Gasteiger partial charge in [-0.25, -0.2) is 9.97 Å². The van der Waals surface area contributed by atoms with Crippen LogP contribution >= 0.6 is 0 Å². The summed E-state index contributed by atoms with van der Waals surface area (Å²) in [5.74, 6) is 1.68. The first-order chi connectivity index (χ1) is 33.3. The summed E-state index contributed by atoms with van der Waals surface area (Å²) in [6, 6.07) is 44.8. The Hall–Kier alpha value is -6.44. The van der Waals surface area contributed by atoms with Crippen LogP contribution in [0.15, 0.2) is 121 Å². The number of anilines is 4. The van der Waals surface area contributed by atoms with Gasteiger partial charge in [-0.05, 0) is 76.7 Å². The predicted molar refractivity (Wildman–Crippen MR) is 282 cm³/mol. The Morgan fingerprint density at radius 1 is 0.279 bits per heavy atom. The van der Waals surface area contributed by atoms with Crippen molar-refractivity contribution in [2.24, 2.45) is 0 Å². The fourth-order valence-corrected chi connectivity index (χ4v) is 10.2.